The lowest BCUT2D eigenvalue weighted by molar-refractivity contribution is -0.160. The lowest BCUT2D eigenvalue weighted by Crippen LogP contribution is -2.35. The molecule has 20 nitrogen and oxygen atoms in total. The van der Waals surface area contributed by atoms with Crippen molar-refractivity contribution in [1.82, 2.24) is 34.1 Å². The molecule has 0 aliphatic carbocycles. The summed E-state index contributed by atoms with van der Waals surface area (Å²) in [6, 6.07) is 0. The molecule has 0 bridgehead atoms. The van der Waals surface area contributed by atoms with E-state index in [1.807, 2.05) is 0 Å². The Morgan fingerprint density at radius 2 is 1.89 bits per heavy atom. The molecule has 0 spiro atoms. The third-order valence-corrected chi connectivity index (χ3v) is 8.17. The molecule has 9 atom stereocenters. The van der Waals surface area contributed by atoms with E-state index in [-0.39, 0.29) is 28.6 Å². The molecule has 0 amide bonds. The number of imidazole rings is 1. The molecule has 0 aromatic carbocycles. The van der Waals surface area contributed by atoms with E-state index >= 15 is 0 Å². The van der Waals surface area contributed by atoms with Gasteiger partial charge in [-0.05, 0) is 0 Å². The van der Waals surface area contributed by atoms with Crippen molar-refractivity contribution < 1.29 is 48.0 Å². The van der Waals surface area contributed by atoms with Gasteiger partial charge < -0.3 is 50.5 Å². The number of anilines is 2. The second-order valence-corrected chi connectivity index (χ2v) is 11.2. The molecule has 234 valence electrons. The third-order valence-electron chi connectivity index (χ3n) is 7.19. The lowest BCUT2D eigenvalue weighted by Gasteiger charge is -2.24. The number of aliphatic hydroxyl groups excluding tert-OH is 3. The second-order valence-electron chi connectivity index (χ2n) is 9.83. The van der Waals surface area contributed by atoms with Gasteiger partial charge in [0.05, 0.1) is 23.9 Å². The molecular formula is C23H26N9O11P. The maximum absolute atomic E-state index is 13.1. The Bertz CT molecular complexity index is 1870. The summed E-state index contributed by atoms with van der Waals surface area (Å²) in [5, 5.41) is 32.5. The highest BCUT2D eigenvalue weighted by Crippen LogP contribution is 2.50. The van der Waals surface area contributed by atoms with Crippen molar-refractivity contribution in [3.8, 4) is 12.3 Å². The van der Waals surface area contributed by atoms with Crippen LogP contribution in [0.5, 0.6) is 0 Å². The zero-order valence-electron chi connectivity index (χ0n) is 22.6. The number of aromatic amines is 1. The van der Waals surface area contributed by atoms with Gasteiger partial charge >= 0.3 is 7.82 Å². The molecule has 0 radical (unpaired) electrons. The number of nitrogens with two attached hydrogens (primary N) is 2. The van der Waals surface area contributed by atoms with Crippen LogP contribution in [0.3, 0.4) is 0 Å². The number of nitrogen functional groups attached to an aromatic ring is 2. The van der Waals surface area contributed by atoms with Crippen molar-refractivity contribution in [3.63, 3.8) is 0 Å². The number of nitrogens with one attached hydrogen (secondary N) is 1. The molecule has 2 fully saturated rings. The molecule has 0 saturated carbocycles. The molecule has 2 aliphatic rings. The summed E-state index contributed by atoms with van der Waals surface area (Å²) in [5.74, 6) is 2.30. The van der Waals surface area contributed by atoms with Crippen LogP contribution in [0.25, 0.3) is 22.2 Å². The predicted molar refractivity (Wildman–Crippen MR) is 146 cm³/mol. The number of aliphatic hydroxyl groups is 3. The fraction of sp³-hybridized carbons (Fsp3) is 0.435. The Hall–Kier alpha value is -4.00. The zero-order valence-corrected chi connectivity index (χ0v) is 23.5. The summed E-state index contributed by atoms with van der Waals surface area (Å²) >= 11 is 0. The highest BCUT2D eigenvalue weighted by Gasteiger charge is 2.51. The van der Waals surface area contributed by atoms with Crippen LogP contribution in [0.1, 0.15) is 18.0 Å². The van der Waals surface area contributed by atoms with Crippen LogP contribution >= 0.6 is 7.82 Å². The van der Waals surface area contributed by atoms with E-state index in [9.17, 15) is 29.6 Å². The average Bonchev–Trinajstić information content (AvgIpc) is 3.72. The molecule has 9 N–H and O–H groups in total. The monoisotopic (exact) mass is 635 g/mol. The first-order chi connectivity index (χ1) is 20.9. The Labute approximate surface area is 245 Å². The van der Waals surface area contributed by atoms with Crippen molar-refractivity contribution in [3.05, 3.63) is 34.8 Å². The number of fused-ring (bicyclic) bond motifs is 2. The van der Waals surface area contributed by atoms with Crippen LogP contribution < -0.4 is 17.0 Å². The number of hydrogen-bond donors (Lipinski definition) is 7. The van der Waals surface area contributed by atoms with Crippen LogP contribution in [0.4, 0.5) is 11.8 Å². The quantitative estimate of drug-likeness (QED) is 0.0790. The lowest BCUT2D eigenvalue weighted by atomic mass is 10.1. The number of phosphoric acid groups is 1. The number of terminal acetylenes is 1. The molecule has 6 rings (SSSR count). The highest BCUT2D eigenvalue weighted by molar-refractivity contribution is 7.47. The zero-order chi connectivity index (χ0) is 31.5. The van der Waals surface area contributed by atoms with Crippen LogP contribution in [0.2, 0.25) is 0 Å². The number of hydrogen-bond acceptors (Lipinski definition) is 16. The van der Waals surface area contributed by atoms with Gasteiger partial charge in [-0.2, -0.15) is 4.98 Å². The number of nitrogens with zero attached hydrogens (tertiary/aromatic N) is 6. The van der Waals surface area contributed by atoms with E-state index in [0.29, 0.717) is 10.9 Å². The van der Waals surface area contributed by atoms with Crippen LogP contribution in [-0.2, 0) is 27.8 Å². The number of rotatable bonds is 8. The van der Waals surface area contributed by atoms with Crippen molar-refractivity contribution in [1.29, 1.82) is 0 Å². The van der Waals surface area contributed by atoms with Gasteiger partial charge in [0.15, 0.2) is 29.9 Å². The van der Waals surface area contributed by atoms with E-state index in [1.54, 1.807) is 0 Å². The summed E-state index contributed by atoms with van der Waals surface area (Å²) in [5.41, 5.74) is 11.3. The fourth-order valence-corrected chi connectivity index (χ4v) is 6.07. The minimum absolute atomic E-state index is 0.0671. The Morgan fingerprint density at radius 1 is 1.11 bits per heavy atom. The Morgan fingerprint density at radius 3 is 2.61 bits per heavy atom. The molecule has 4 aromatic heterocycles. The SMILES string of the molecule is C#Cc1cn([C@@H]2O[C@H](COP(=O)(O)OC3C(O)[C@@H](OC)O[C@H]3n3cnc4c(=O)[nH]c(N)nc43)C(O)C2O)c2ncnc(N)c12. The number of phosphoric ester groups is 1. The van der Waals surface area contributed by atoms with Crippen molar-refractivity contribution in [2.75, 3.05) is 25.2 Å². The molecule has 2 aliphatic heterocycles. The summed E-state index contributed by atoms with van der Waals surface area (Å²) in [4.78, 5) is 41.1. The maximum atomic E-state index is 13.1. The van der Waals surface area contributed by atoms with Gasteiger partial charge in [0.25, 0.3) is 5.56 Å². The van der Waals surface area contributed by atoms with Crippen LogP contribution in [-0.4, -0.2) is 105 Å². The van der Waals surface area contributed by atoms with Gasteiger partial charge in [0, 0.05) is 13.3 Å². The van der Waals surface area contributed by atoms with Crippen molar-refractivity contribution in [2.24, 2.45) is 0 Å². The maximum Gasteiger partial charge on any atom is 0.472 e. The van der Waals surface area contributed by atoms with E-state index in [1.165, 1.54) is 28.8 Å². The summed E-state index contributed by atoms with van der Waals surface area (Å²) in [7, 11) is -3.84. The normalized spacial score (nSPS) is 30.2. The summed E-state index contributed by atoms with van der Waals surface area (Å²) in [6.45, 7) is -0.746. The van der Waals surface area contributed by atoms with Gasteiger partial charge in [-0.3, -0.25) is 23.4 Å². The number of ether oxygens (including phenoxy) is 3. The van der Waals surface area contributed by atoms with Crippen LogP contribution in [0.15, 0.2) is 23.6 Å². The highest BCUT2D eigenvalue weighted by atomic mass is 31.2. The average molecular weight is 635 g/mol. The van der Waals surface area contributed by atoms with E-state index in [2.05, 4.69) is 30.8 Å². The number of aromatic nitrogens is 7. The first kappa shape index (κ1) is 30.0. The van der Waals surface area contributed by atoms with E-state index in [4.69, 9.17) is 41.1 Å². The number of H-pyrrole nitrogens is 1. The minimum atomic E-state index is -5.06. The third kappa shape index (κ3) is 5.00. The molecule has 6 heterocycles. The molecule has 2 saturated heterocycles. The fourth-order valence-electron chi connectivity index (χ4n) is 5.14. The van der Waals surface area contributed by atoms with Gasteiger partial charge in [-0.15, -0.1) is 6.42 Å². The molecule has 44 heavy (non-hydrogen) atoms. The molecule has 5 unspecified atom stereocenters. The first-order valence-electron chi connectivity index (χ1n) is 12.8. The standard InChI is InChI=1S/C23H26N9O11P/c1-3-8-4-31(17-10(8)16(24)26-6-27-17)20-13(34)12(33)9(41-20)5-40-44(37,38)43-15-14(35)22(39-2)42-21(15)32-7-28-11-18(32)29-23(25)30-19(11)36/h1,4,6-7,9,12-15,20-22,33-35H,5H2,2H3,(H,37,38)(H2,24,26,27)(H3,25,29,30,36)/t9-,12?,13?,14?,15?,20-,21-,22+/m1/s1. The van der Waals surface area contributed by atoms with Gasteiger partial charge in [0.1, 0.15) is 48.3 Å². The topological polar surface area (TPSA) is 290 Å². The summed E-state index contributed by atoms with van der Waals surface area (Å²) < 4.78 is 42.5. The summed E-state index contributed by atoms with van der Waals surface area (Å²) in [6.07, 6.45) is -2.37. The largest absolute Gasteiger partial charge is 0.472 e. The van der Waals surface area contributed by atoms with E-state index < -0.39 is 69.3 Å². The molecular weight excluding hydrogens is 609 g/mol. The van der Waals surface area contributed by atoms with Crippen LogP contribution in [0, 0.1) is 12.3 Å². The molecule has 4 aromatic rings. The van der Waals surface area contributed by atoms with E-state index in [0.717, 1.165) is 6.33 Å². The second kappa shape index (κ2) is 11.2. The smallest absolute Gasteiger partial charge is 0.387 e. The predicted octanol–water partition coefficient (Wildman–Crippen LogP) is -2.31. The number of methoxy groups -OCH3 is 1. The van der Waals surface area contributed by atoms with Gasteiger partial charge in [-0.25, -0.2) is 19.5 Å². The first-order valence-corrected chi connectivity index (χ1v) is 14.3. The van der Waals surface area contributed by atoms with Crippen molar-refractivity contribution >= 4 is 41.8 Å². The Balaban J connectivity index is 1.20. The van der Waals surface area contributed by atoms with Gasteiger partial charge in [-0.1, -0.05) is 5.92 Å². The Kier molecular flexibility index (Phi) is 7.63. The molecule has 21 heteroatoms. The minimum Gasteiger partial charge on any atom is -0.387 e. The van der Waals surface area contributed by atoms with Crippen molar-refractivity contribution in [2.45, 2.75) is 49.3 Å². The van der Waals surface area contributed by atoms with Gasteiger partial charge in [0.2, 0.25) is 5.95 Å².